The summed E-state index contributed by atoms with van der Waals surface area (Å²) in [5.74, 6) is 1.83. The van der Waals surface area contributed by atoms with Crippen LogP contribution < -0.4 is 14.8 Å². The summed E-state index contributed by atoms with van der Waals surface area (Å²) in [5.41, 5.74) is 1.63. The third kappa shape index (κ3) is 5.21. The number of hydrogen-bond donors (Lipinski definition) is 1. The summed E-state index contributed by atoms with van der Waals surface area (Å²) < 4.78 is 17.8. The number of furan rings is 1. The van der Waals surface area contributed by atoms with Gasteiger partial charge in [0.1, 0.15) is 5.76 Å². The van der Waals surface area contributed by atoms with E-state index in [2.05, 4.69) is 10.4 Å². The van der Waals surface area contributed by atoms with Crippen LogP contribution in [0.1, 0.15) is 19.1 Å². The fourth-order valence-electron chi connectivity index (χ4n) is 3.99. The number of rotatable bonds is 10. The monoisotopic (exact) mass is 548 g/mol. The molecule has 3 heterocycles. The molecule has 0 saturated heterocycles. The Bertz CT molecular complexity index is 1650. The van der Waals surface area contributed by atoms with Crippen molar-refractivity contribution in [3.63, 3.8) is 0 Å². The summed E-state index contributed by atoms with van der Waals surface area (Å²) in [5, 5.41) is 19.3. The zero-order valence-electron chi connectivity index (χ0n) is 21.3. The summed E-state index contributed by atoms with van der Waals surface area (Å²) in [6.07, 6.45) is 2.09. The van der Waals surface area contributed by atoms with Crippen LogP contribution in [0.25, 0.3) is 27.9 Å². The minimum Gasteiger partial charge on any atom is -0.493 e. The van der Waals surface area contributed by atoms with Crippen molar-refractivity contribution in [2.24, 2.45) is 0 Å². The van der Waals surface area contributed by atoms with Crippen LogP contribution in [-0.2, 0) is 11.3 Å². The number of methoxy groups -OCH3 is 2. The number of amides is 1. The molecule has 1 amide bonds. The highest BCUT2D eigenvalue weighted by Gasteiger charge is 2.24. The van der Waals surface area contributed by atoms with Gasteiger partial charge in [-0.1, -0.05) is 18.7 Å². The molecule has 39 heavy (non-hydrogen) atoms. The minimum atomic E-state index is -0.472. The maximum absolute atomic E-state index is 13.0. The number of nitro benzene ring substituents is 1. The molecule has 2 aromatic carbocycles. The van der Waals surface area contributed by atoms with Gasteiger partial charge in [-0.3, -0.25) is 14.9 Å². The first-order chi connectivity index (χ1) is 18.9. The summed E-state index contributed by atoms with van der Waals surface area (Å²) in [7, 11) is 3.08. The summed E-state index contributed by atoms with van der Waals surface area (Å²) in [6, 6.07) is 13.1. The number of carbonyl (C=O) groups excluding carboxylic acids is 1. The lowest BCUT2D eigenvalue weighted by molar-refractivity contribution is -0.384. The number of benzene rings is 2. The molecule has 0 aliphatic heterocycles. The molecule has 5 rings (SSSR count). The van der Waals surface area contributed by atoms with Gasteiger partial charge in [0.2, 0.25) is 5.91 Å². The Morgan fingerprint density at radius 3 is 2.54 bits per heavy atom. The second-order valence-corrected chi connectivity index (χ2v) is 9.58. The number of thioether (sulfide) groups is 1. The molecule has 0 fully saturated rings. The molecule has 1 N–H and O–H groups in total. The van der Waals surface area contributed by atoms with E-state index >= 15 is 0 Å². The highest BCUT2D eigenvalue weighted by Crippen LogP contribution is 2.36. The van der Waals surface area contributed by atoms with Gasteiger partial charge in [0.05, 0.1) is 42.7 Å². The van der Waals surface area contributed by atoms with Crippen LogP contribution in [0.2, 0.25) is 0 Å². The van der Waals surface area contributed by atoms with Gasteiger partial charge in [0, 0.05) is 29.1 Å². The third-order valence-electron chi connectivity index (χ3n) is 6.01. The summed E-state index contributed by atoms with van der Waals surface area (Å²) in [6.45, 7) is 2.19. The molecule has 0 saturated carbocycles. The summed E-state index contributed by atoms with van der Waals surface area (Å²) in [4.78, 5) is 33.2. The Balaban J connectivity index is 1.59. The molecule has 0 aliphatic carbocycles. The molecular formula is C26H24N6O6S. The van der Waals surface area contributed by atoms with Crippen LogP contribution in [-0.4, -0.2) is 49.9 Å². The van der Waals surface area contributed by atoms with Gasteiger partial charge < -0.3 is 19.2 Å². The number of non-ortho nitro benzene ring substituents is 1. The normalized spacial score (nSPS) is 12.0. The maximum atomic E-state index is 13.0. The number of aromatic nitrogens is 4. The van der Waals surface area contributed by atoms with Crippen LogP contribution in [0, 0.1) is 10.1 Å². The first-order valence-corrected chi connectivity index (χ1v) is 12.8. The Morgan fingerprint density at radius 2 is 1.90 bits per heavy atom. The Hall–Kier alpha value is -4.65. The number of ether oxygens (including phenoxy) is 2. The van der Waals surface area contributed by atoms with Gasteiger partial charge in [0.15, 0.2) is 28.1 Å². The van der Waals surface area contributed by atoms with Gasteiger partial charge in [-0.15, -0.1) is 5.10 Å². The maximum Gasteiger partial charge on any atom is 0.269 e. The zero-order chi connectivity index (χ0) is 27.5. The van der Waals surface area contributed by atoms with Crippen LogP contribution >= 0.6 is 11.8 Å². The van der Waals surface area contributed by atoms with Crippen molar-refractivity contribution >= 4 is 39.9 Å². The van der Waals surface area contributed by atoms with Crippen LogP contribution in [0.15, 0.2) is 64.4 Å². The van der Waals surface area contributed by atoms with Gasteiger partial charge in [-0.2, -0.15) is 4.52 Å². The average Bonchev–Trinajstić information content (AvgIpc) is 3.64. The molecule has 200 valence electrons. The number of nitro groups is 1. The van der Waals surface area contributed by atoms with E-state index in [9.17, 15) is 14.9 Å². The summed E-state index contributed by atoms with van der Waals surface area (Å²) >= 11 is 1.26. The van der Waals surface area contributed by atoms with E-state index in [-0.39, 0.29) is 18.1 Å². The number of nitrogens with one attached hydrogen (secondary N) is 1. The molecule has 5 aromatic rings. The molecule has 1 atom stereocenters. The predicted octanol–water partition coefficient (Wildman–Crippen LogP) is 4.65. The van der Waals surface area contributed by atoms with Gasteiger partial charge in [-0.05, 0) is 36.8 Å². The van der Waals surface area contributed by atoms with Crippen molar-refractivity contribution in [1.82, 2.24) is 24.9 Å². The van der Waals surface area contributed by atoms with Crippen LogP contribution in [0.3, 0.4) is 0 Å². The minimum absolute atomic E-state index is 0.0333. The van der Waals surface area contributed by atoms with Gasteiger partial charge in [-0.25, -0.2) is 9.97 Å². The second kappa shape index (κ2) is 11.0. The third-order valence-corrected chi connectivity index (χ3v) is 7.32. The number of carbonyl (C=O) groups is 1. The first-order valence-electron chi connectivity index (χ1n) is 12.0. The van der Waals surface area contributed by atoms with Crippen molar-refractivity contribution in [3.05, 3.63) is 70.7 Å². The Morgan fingerprint density at radius 1 is 1.15 bits per heavy atom. The number of hydrogen-bond acceptors (Lipinski definition) is 10. The lowest BCUT2D eigenvalue weighted by Crippen LogP contribution is -2.32. The molecular weight excluding hydrogens is 524 g/mol. The van der Waals surface area contributed by atoms with E-state index in [1.54, 1.807) is 47.2 Å². The van der Waals surface area contributed by atoms with Crippen molar-refractivity contribution < 1.29 is 23.6 Å². The molecule has 0 radical (unpaired) electrons. The van der Waals surface area contributed by atoms with E-state index in [1.165, 1.54) is 38.1 Å². The van der Waals surface area contributed by atoms with Crippen molar-refractivity contribution in [1.29, 1.82) is 0 Å². The van der Waals surface area contributed by atoms with Crippen LogP contribution in [0.5, 0.6) is 11.5 Å². The molecule has 12 nitrogen and oxygen atoms in total. The molecule has 0 unspecified atom stereocenters. The smallest absolute Gasteiger partial charge is 0.269 e. The number of fused-ring (bicyclic) bond motifs is 3. The molecule has 13 heteroatoms. The van der Waals surface area contributed by atoms with Gasteiger partial charge in [0.25, 0.3) is 5.69 Å². The Kier molecular flexibility index (Phi) is 7.32. The average molecular weight is 549 g/mol. The highest BCUT2D eigenvalue weighted by molar-refractivity contribution is 8.00. The molecule has 0 bridgehead atoms. The number of nitrogens with zero attached hydrogens (tertiary/aromatic N) is 5. The van der Waals surface area contributed by atoms with E-state index in [1.807, 2.05) is 6.92 Å². The SMILES string of the molecule is CC[C@@H](Sc1nc2cc(OC)c(OC)cc2c2nc(-c3ccc([N+](=O)[O-])cc3)nn12)C(=O)NCc1ccco1. The lowest BCUT2D eigenvalue weighted by Gasteiger charge is -2.15. The Labute approximate surface area is 226 Å². The second-order valence-electron chi connectivity index (χ2n) is 8.41. The molecule has 0 spiro atoms. The van der Waals surface area contributed by atoms with E-state index in [0.717, 1.165) is 0 Å². The highest BCUT2D eigenvalue weighted by atomic mass is 32.2. The van der Waals surface area contributed by atoms with E-state index in [0.29, 0.717) is 56.8 Å². The molecule has 3 aromatic heterocycles. The van der Waals surface area contributed by atoms with Gasteiger partial charge >= 0.3 is 0 Å². The predicted molar refractivity (Wildman–Crippen MR) is 144 cm³/mol. The van der Waals surface area contributed by atoms with Crippen LogP contribution in [0.4, 0.5) is 5.69 Å². The largest absolute Gasteiger partial charge is 0.493 e. The standard InChI is InChI=1S/C26H24N6O6S/c1-4-22(25(33)27-14-17-6-5-11-38-17)39-26-28-19-13-21(37-3)20(36-2)12-18(19)24-29-23(30-31(24)26)15-7-9-16(10-8-15)32(34)35/h5-13,22H,4,14H2,1-3H3,(H,27,33)/t22-/m1/s1. The van der Waals surface area contributed by atoms with E-state index < -0.39 is 10.2 Å². The van der Waals surface area contributed by atoms with Crippen molar-refractivity contribution in [2.75, 3.05) is 14.2 Å². The topological polar surface area (TPSA) is 147 Å². The zero-order valence-corrected chi connectivity index (χ0v) is 22.1. The molecule has 0 aliphatic rings. The quantitative estimate of drug-likeness (QED) is 0.113. The lowest BCUT2D eigenvalue weighted by atomic mass is 10.2. The first kappa shape index (κ1) is 26.0. The van der Waals surface area contributed by atoms with Crippen molar-refractivity contribution in [2.45, 2.75) is 30.3 Å². The fourth-order valence-corrected chi connectivity index (χ4v) is 4.98. The fraction of sp³-hybridized carbons (Fsp3) is 0.231. The van der Waals surface area contributed by atoms with E-state index in [4.69, 9.17) is 23.9 Å². The van der Waals surface area contributed by atoms with Crippen molar-refractivity contribution in [3.8, 4) is 22.9 Å².